The Morgan fingerprint density at radius 3 is 2.53 bits per heavy atom. The second-order valence-electron chi connectivity index (χ2n) is 9.65. The first-order valence-electron chi connectivity index (χ1n) is 11.6. The van der Waals surface area contributed by atoms with E-state index in [-0.39, 0.29) is 36.6 Å². The zero-order valence-electron chi connectivity index (χ0n) is 20.9. The Morgan fingerprint density at radius 2 is 1.89 bits per heavy atom. The zero-order valence-corrected chi connectivity index (χ0v) is 20.9. The van der Waals surface area contributed by atoms with Gasteiger partial charge in [0, 0.05) is 24.8 Å². The van der Waals surface area contributed by atoms with E-state index in [9.17, 15) is 9.59 Å². The average molecular weight is 502 g/mol. The molecule has 1 saturated heterocycles. The van der Waals surface area contributed by atoms with Crippen LogP contribution in [0.15, 0.2) is 24.3 Å². The van der Waals surface area contributed by atoms with E-state index >= 15 is 8.78 Å². The van der Waals surface area contributed by atoms with E-state index in [2.05, 4.69) is 15.3 Å². The summed E-state index contributed by atoms with van der Waals surface area (Å²) >= 11 is 0. The van der Waals surface area contributed by atoms with Gasteiger partial charge in [-0.3, -0.25) is 4.79 Å². The highest BCUT2D eigenvalue weighted by molar-refractivity contribution is 5.94. The van der Waals surface area contributed by atoms with Gasteiger partial charge in [-0.25, -0.2) is 23.5 Å². The van der Waals surface area contributed by atoms with Crippen molar-refractivity contribution in [2.75, 3.05) is 26.7 Å². The molecule has 4 rings (SSSR count). The summed E-state index contributed by atoms with van der Waals surface area (Å²) in [5.41, 5.74) is 0.411. The molecule has 0 radical (unpaired) electrons. The smallest absolute Gasteiger partial charge is 0.410 e. The van der Waals surface area contributed by atoms with Crippen LogP contribution in [-0.2, 0) is 16.0 Å². The van der Waals surface area contributed by atoms with E-state index < -0.39 is 35.3 Å². The molecule has 1 atom stereocenters. The maximum Gasteiger partial charge on any atom is 0.410 e. The van der Waals surface area contributed by atoms with Crippen LogP contribution in [0.1, 0.15) is 36.8 Å². The summed E-state index contributed by atoms with van der Waals surface area (Å²) in [6.07, 6.45) is -0.939. The van der Waals surface area contributed by atoms with Crippen LogP contribution in [0.25, 0.3) is 22.6 Å². The third-order valence-electron chi connectivity index (χ3n) is 5.68. The molecule has 2 amide bonds. The molecule has 0 saturated carbocycles. The third kappa shape index (κ3) is 5.30. The molecule has 1 N–H and O–H groups in total. The SMILES string of the molecule is CNC(=O)c1cc(F)c(-c2nc3nc(C)ccc3n2C[C@H]2CN(C(=O)OC(C)(C)C)CCO2)c(F)c1. The van der Waals surface area contributed by atoms with E-state index in [0.717, 1.165) is 12.1 Å². The number of imidazole rings is 1. The second kappa shape index (κ2) is 9.81. The predicted molar refractivity (Wildman–Crippen MR) is 129 cm³/mol. The standard InChI is InChI=1S/C25H29F2N5O4/c1-14-6-7-19-21(29-14)30-22(20-17(26)10-15(11-18(20)27)23(33)28-5)32(19)13-16-12-31(8-9-35-16)24(34)36-25(2,3)4/h6-7,10-11,16H,8-9,12-13H2,1-5H3,(H,28,33)/t16-/m1/s1. The second-order valence-corrected chi connectivity index (χ2v) is 9.65. The number of carbonyl (C=O) groups is 2. The highest BCUT2D eigenvalue weighted by Crippen LogP contribution is 2.30. The Balaban J connectivity index is 1.72. The maximum absolute atomic E-state index is 15.2. The number of pyridine rings is 1. The van der Waals surface area contributed by atoms with Crippen LogP contribution in [0.5, 0.6) is 0 Å². The lowest BCUT2D eigenvalue weighted by atomic mass is 10.1. The van der Waals surface area contributed by atoms with Crippen LogP contribution in [0, 0.1) is 18.6 Å². The fourth-order valence-corrected chi connectivity index (χ4v) is 4.07. The Labute approximate surface area is 207 Å². The van der Waals surface area contributed by atoms with E-state index in [4.69, 9.17) is 9.47 Å². The summed E-state index contributed by atoms with van der Waals surface area (Å²) in [5, 5.41) is 2.35. The quantitative estimate of drug-likeness (QED) is 0.586. The lowest BCUT2D eigenvalue weighted by Crippen LogP contribution is -2.48. The topological polar surface area (TPSA) is 98.6 Å². The molecule has 1 aromatic carbocycles. The van der Waals surface area contributed by atoms with Crippen molar-refractivity contribution in [3.05, 3.63) is 47.2 Å². The highest BCUT2D eigenvalue weighted by atomic mass is 19.1. The molecule has 11 heteroatoms. The minimum absolute atomic E-state index is 0.0135. The summed E-state index contributed by atoms with van der Waals surface area (Å²) in [5.74, 6) is -2.45. The molecule has 0 aliphatic carbocycles. The summed E-state index contributed by atoms with van der Waals surface area (Å²) in [6, 6.07) is 5.50. The third-order valence-corrected chi connectivity index (χ3v) is 5.68. The minimum atomic E-state index is -0.929. The Kier molecular flexibility index (Phi) is 6.94. The fourth-order valence-electron chi connectivity index (χ4n) is 4.07. The minimum Gasteiger partial charge on any atom is -0.444 e. The van der Waals surface area contributed by atoms with Crippen molar-refractivity contribution in [3.8, 4) is 11.4 Å². The van der Waals surface area contributed by atoms with Crippen molar-refractivity contribution in [3.63, 3.8) is 0 Å². The van der Waals surface area contributed by atoms with Gasteiger partial charge in [0.05, 0.1) is 36.9 Å². The number of benzene rings is 1. The average Bonchev–Trinajstić information content (AvgIpc) is 3.13. The molecule has 192 valence electrons. The van der Waals surface area contributed by atoms with Gasteiger partial charge in [0.25, 0.3) is 5.91 Å². The molecule has 2 aromatic heterocycles. The first-order valence-corrected chi connectivity index (χ1v) is 11.6. The van der Waals surface area contributed by atoms with Gasteiger partial charge in [-0.1, -0.05) is 0 Å². The number of nitrogens with zero attached hydrogens (tertiary/aromatic N) is 4. The van der Waals surface area contributed by atoms with Crippen LogP contribution >= 0.6 is 0 Å². The molecular formula is C25H29F2N5O4. The number of amides is 2. The molecule has 0 unspecified atom stereocenters. The number of hydrogen-bond acceptors (Lipinski definition) is 6. The Bertz CT molecular complexity index is 1290. The number of halogens is 2. The van der Waals surface area contributed by atoms with E-state index in [1.165, 1.54) is 7.05 Å². The van der Waals surface area contributed by atoms with Crippen LogP contribution in [0.4, 0.5) is 13.6 Å². The van der Waals surface area contributed by atoms with Crippen molar-refractivity contribution in [2.45, 2.75) is 45.9 Å². The molecular weight excluding hydrogens is 472 g/mol. The molecule has 36 heavy (non-hydrogen) atoms. The fraction of sp³-hybridized carbons (Fsp3) is 0.440. The zero-order chi connectivity index (χ0) is 26.2. The molecule has 3 heterocycles. The lowest BCUT2D eigenvalue weighted by Gasteiger charge is -2.34. The number of aryl methyl sites for hydroxylation is 1. The van der Waals surface area contributed by atoms with Crippen molar-refractivity contribution in [2.24, 2.45) is 0 Å². The number of aromatic nitrogens is 3. The van der Waals surface area contributed by atoms with Gasteiger partial charge in [-0.15, -0.1) is 0 Å². The number of carbonyl (C=O) groups excluding carboxylic acids is 2. The highest BCUT2D eigenvalue weighted by Gasteiger charge is 2.30. The van der Waals surface area contributed by atoms with Gasteiger partial charge in [0.1, 0.15) is 23.1 Å². The van der Waals surface area contributed by atoms with Crippen molar-refractivity contribution >= 4 is 23.2 Å². The summed E-state index contributed by atoms with van der Waals surface area (Å²) in [6.45, 7) is 8.21. The molecule has 1 fully saturated rings. The number of morpholine rings is 1. The van der Waals surface area contributed by atoms with Gasteiger partial charge in [0.15, 0.2) is 5.65 Å². The number of fused-ring (bicyclic) bond motifs is 1. The van der Waals surface area contributed by atoms with Gasteiger partial charge in [0.2, 0.25) is 0 Å². The van der Waals surface area contributed by atoms with Gasteiger partial charge in [-0.2, -0.15) is 0 Å². The lowest BCUT2D eigenvalue weighted by molar-refractivity contribution is -0.0468. The summed E-state index contributed by atoms with van der Waals surface area (Å²) in [7, 11) is 1.38. The largest absolute Gasteiger partial charge is 0.444 e. The number of nitrogens with one attached hydrogen (secondary N) is 1. The van der Waals surface area contributed by atoms with Crippen LogP contribution in [0.3, 0.4) is 0 Å². The van der Waals surface area contributed by atoms with Crippen molar-refractivity contribution in [1.82, 2.24) is 24.8 Å². The van der Waals surface area contributed by atoms with Crippen LogP contribution in [-0.4, -0.2) is 69.9 Å². The van der Waals surface area contributed by atoms with E-state index in [1.54, 1.807) is 49.3 Å². The Morgan fingerprint density at radius 1 is 1.19 bits per heavy atom. The summed E-state index contributed by atoms with van der Waals surface area (Å²) in [4.78, 5) is 34.9. The molecule has 9 nitrogen and oxygen atoms in total. The molecule has 1 aliphatic heterocycles. The van der Waals surface area contributed by atoms with Crippen LogP contribution in [0.2, 0.25) is 0 Å². The van der Waals surface area contributed by atoms with Crippen LogP contribution < -0.4 is 5.32 Å². The molecule has 0 spiro atoms. The molecule has 1 aliphatic rings. The maximum atomic E-state index is 15.2. The molecule has 0 bridgehead atoms. The number of hydrogen-bond donors (Lipinski definition) is 1. The molecule has 3 aromatic rings. The first-order chi connectivity index (χ1) is 17.0. The van der Waals surface area contributed by atoms with Crippen molar-refractivity contribution < 1.29 is 27.8 Å². The number of ether oxygens (including phenoxy) is 2. The van der Waals surface area contributed by atoms with E-state index in [0.29, 0.717) is 23.4 Å². The van der Waals surface area contributed by atoms with E-state index in [1.807, 2.05) is 0 Å². The normalized spacial score (nSPS) is 16.3. The first kappa shape index (κ1) is 25.5. The predicted octanol–water partition coefficient (Wildman–Crippen LogP) is 3.68. The number of rotatable bonds is 4. The van der Waals surface area contributed by atoms with Crippen molar-refractivity contribution in [1.29, 1.82) is 0 Å². The summed E-state index contributed by atoms with van der Waals surface area (Å²) < 4.78 is 43.4. The van der Waals surface area contributed by atoms with Gasteiger partial charge in [-0.05, 0) is 52.0 Å². The van der Waals surface area contributed by atoms with Gasteiger partial charge < -0.3 is 24.3 Å². The Hall–Kier alpha value is -3.60. The monoisotopic (exact) mass is 501 g/mol. The van der Waals surface area contributed by atoms with Gasteiger partial charge >= 0.3 is 6.09 Å².